The van der Waals surface area contributed by atoms with E-state index in [1.807, 2.05) is 0 Å². The molecule has 0 saturated carbocycles. The highest BCUT2D eigenvalue weighted by molar-refractivity contribution is 7.46. The van der Waals surface area contributed by atoms with Crippen molar-refractivity contribution in [2.75, 3.05) is 13.2 Å². The summed E-state index contributed by atoms with van der Waals surface area (Å²) in [6, 6.07) is 0. The fourth-order valence-corrected chi connectivity index (χ4v) is 7.30. The fourth-order valence-electron chi connectivity index (χ4n) is 6.93. The second kappa shape index (κ2) is 43.1. The van der Waals surface area contributed by atoms with Gasteiger partial charge in [0.05, 0.1) is 6.61 Å². The number of allylic oxidation sites excluding steroid dienone is 4. The molecule has 330 valence electrons. The van der Waals surface area contributed by atoms with Gasteiger partial charge in [-0.25, -0.2) is 4.57 Å². The van der Waals surface area contributed by atoms with Crippen molar-refractivity contribution in [3.63, 3.8) is 0 Å². The van der Waals surface area contributed by atoms with Crippen LogP contribution in [0, 0.1) is 0 Å². The molecule has 0 bridgehead atoms. The van der Waals surface area contributed by atoms with Crippen molar-refractivity contribution in [1.29, 1.82) is 0 Å². The van der Waals surface area contributed by atoms with Crippen LogP contribution in [0.15, 0.2) is 24.3 Å². The number of phosphoric acid groups is 1. The van der Waals surface area contributed by atoms with Crippen LogP contribution in [0.25, 0.3) is 0 Å². The fraction of sp³-hybridized carbons (Fsp3) is 0.872. The Hall–Kier alpha value is -1.47. The minimum atomic E-state index is -4.76. The second-order valence-corrected chi connectivity index (χ2v) is 17.3. The van der Waals surface area contributed by atoms with Gasteiger partial charge in [0.2, 0.25) is 0 Å². The zero-order valence-electron chi connectivity index (χ0n) is 36.5. The monoisotopic (exact) mass is 813 g/mol. The number of rotatable bonds is 44. The molecule has 0 radical (unpaired) electrons. The molecule has 0 aromatic rings. The number of hydrogen-bond donors (Lipinski definition) is 2. The Morgan fingerprint density at radius 3 is 1.21 bits per heavy atom. The Balaban J connectivity index is 3.83. The maximum absolute atomic E-state index is 12.5. The van der Waals surface area contributed by atoms with Crippen molar-refractivity contribution in [3.8, 4) is 0 Å². The van der Waals surface area contributed by atoms with E-state index in [9.17, 15) is 14.2 Å². The molecule has 2 N–H and O–H groups in total. The van der Waals surface area contributed by atoms with Gasteiger partial charge in [-0.3, -0.25) is 14.1 Å². The van der Waals surface area contributed by atoms with E-state index in [2.05, 4.69) is 42.7 Å². The molecule has 0 heterocycles. The van der Waals surface area contributed by atoms with Crippen LogP contribution in [0.1, 0.15) is 245 Å². The second-order valence-electron chi connectivity index (χ2n) is 16.1. The molecule has 0 saturated heterocycles. The molecule has 8 nitrogen and oxygen atoms in total. The lowest BCUT2D eigenvalue weighted by Crippen LogP contribution is -2.29. The number of carbonyl (C=O) groups excluding carboxylic acids is 2. The summed E-state index contributed by atoms with van der Waals surface area (Å²) < 4.78 is 26.5. The van der Waals surface area contributed by atoms with Crippen LogP contribution >= 0.6 is 7.82 Å². The highest BCUT2D eigenvalue weighted by atomic mass is 31.2. The molecule has 9 heteroatoms. The highest BCUT2D eigenvalue weighted by Crippen LogP contribution is 2.36. The average Bonchev–Trinajstić information content (AvgIpc) is 3.17. The largest absolute Gasteiger partial charge is 0.469 e. The summed E-state index contributed by atoms with van der Waals surface area (Å²) in [4.78, 5) is 43.0. The lowest BCUT2D eigenvalue weighted by atomic mass is 10.0. The van der Waals surface area contributed by atoms with Gasteiger partial charge in [0.1, 0.15) is 6.61 Å². The van der Waals surface area contributed by atoms with Crippen molar-refractivity contribution in [2.24, 2.45) is 0 Å². The van der Waals surface area contributed by atoms with Crippen molar-refractivity contribution >= 4 is 19.8 Å². The normalized spacial score (nSPS) is 12.6. The van der Waals surface area contributed by atoms with Crippen LogP contribution in [0.5, 0.6) is 0 Å². The average molecular weight is 813 g/mol. The molecule has 0 unspecified atom stereocenters. The molecule has 1 atom stereocenters. The van der Waals surface area contributed by atoms with Crippen LogP contribution in [0.4, 0.5) is 0 Å². The number of phosphoric ester groups is 1. The summed E-state index contributed by atoms with van der Waals surface area (Å²) in [5, 5.41) is 0. The SMILES string of the molecule is CCCCC/C=C/C/C=C/CCCCCCCCCC(=O)OC[C@H](COP(=O)(O)O)OC(=O)CCCCCCCCCCCCCCCCCCCCCCC. The predicted molar refractivity (Wildman–Crippen MR) is 235 cm³/mol. The maximum Gasteiger partial charge on any atom is 0.469 e. The van der Waals surface area contributed by atoms with Gasteiger partial charge in [-0.1, -0.05) is 212 Å². The quantitative estimate of drug-likeness (QED) is 0.0270. The van der Waals surface area contributed by atoms with E-state index in [-0.39, 0.29) is 19.4 Å². The molecule has 0 aliphatic rings. The summed E-state index contributed by atoms with van der Waals surface area (Å²) in [5.41, 5.74) is 0. The van der Waals surface area contributed by atoms with E-state index in [1.165, 1.54) is 154 Å². The zero-order valence-corrected chi connectivity index (χ0v) is 37.4. The lowest BCUT2D eigenvalue weighted by molar-refractivity contribution is -0.161. The van der Waals surface area contributed by atoms with E-state index in [0.29, 0.717) is 6.42 Å². The summed E-state index contributed by atoms with van der Waals surface area (Å²) in [6.07, 6.45) is 50.5. The molecule has 56 heavy (non-hydrogen) atoms. The number of carbonyl (C=O) groups is 2. The summed E-state index contributed by atoms with van der Waals surface area (Å²) in [6.45, 7) is 3.69. The van der Waals surface area contributed by atoms with Crippen LogP contribution in [-0.4, -0.2) is 41.0 Å². The van der Waals surface area contributed by atoms with Gasteiger partial charge in [-0.2, -0.15) is 0 Å². The Morgan fingerprint density at radius 1 is 0.464 bits per heavy atom. The molecule has 0 rings (SSSR count). The number of hydrogen-bond acceptors (Lipinski definition) is 6. The van der Waals surface area contributed by atoms with Gasteiger partial charge in [0.25, 0.3) is 0 Å². The topological polar surface area (TPSA) is 119 Å². The third-order valence-corrected chi connectivity index (χ3v) is 11.0. The first-order chi connectivity index (χ1) is 27.3. The van der Waals surface area contributed by atoms with E-state index < -0.39 is 32.5 Å². The van der Waals surface area contributed by atoms with Crippen LogP contribution in [-0.2, 0) is 28.2 Å². The first-order valence-electron chi connectivity index (χ1n) is 23.6. The van der Waals surface area contributed by atoms with E-state index in [1.54, 1.807) is 0 Å². The van der Waals surface area contributed by atoms with Gasteiger partial charge in [-0.15, -0.1) is 0 Å². The van der Waals surface area contributed by atoms with Gasteiger partial charge in [0, 0.05) is 12.8 Å². The first kappa shape index (κ1) is 54.5. The summed E-state index contributed by atoms with van der Waals surface area (Å²) >= 11 is 0. The van der Waals surface area contributed by atoms with E-state index in [4.69, 9.17) is 19.3 Å². The molecule has 0 aliphatic carbocycles. The van der Waals surface area contributed by atoms with Crippen molar-refractivity contribution in [2.45, 2.75) is 251 Å². The van der Waals surface area contributed by atoms with Gasteiger partial charge in [-0.05, 0) is 44.9 Å². The van der Waals surface area contributed by atoms with Crippen LogP contribution < -0.4 is 0 Å². The van der Waals surface area contributed by atoms with Crippen LogP contribution in [0.3, 0.4) is 0 Å². The summed E-state index contributed by atoms with van der Waals surface area (Å²) in [5.74, 6) is -0.881. The molecule has 0 fully saturated rings. The Labute approximate surface area is 345 Å². The minimum absolute atomic E-state index is 0.215. The Bertz CT molecular complexity index is 962. The number of unbranched alkanes of at least 4 members (excludes halogenated alkanes) is 30. The molecule has 0 aromatic carbocycles. The summed E-state index contributed by atoms with van der Waals surface area (Å²) in [7, 11) is -4.76. The Morgan fingerprint density at radius 2 is 0.804 bits per heavy atom. The van der Waals surface area contributed by atoms with E-state index in [0.717, 1.165) is 57.8 Å². The van der Waals surface area contributed by atoms with Crippen molar-refractivity contribution < 1.29 is 37.9 Å². The van der Waals surface area contributed by atoms with Crippen molar-refractivity contribution in [1.82, 2.24) is 0 Å². The predicted octanol–water partition coefficient (Wildman–Crippen LogP) is 14.7. The highest BCUT2D eigenvalue weighted by Gasteiger charge is 2.23. The van der Waals surface area contributed by atoms with Gasteiger partial charge >= 0.3 is 19.8 Å². The maximum atomic E-state index is 12.5. The van der Waals surface area contributed by atoms with Gasteiger partial charge in [0.15, 0.2) is 6.10 Å². The van der Waals surface area contributed by atoms with Crippen molar-refractivity contribution in [3.05, 3.63) is 24.3 Å². The van der Waals surface area contributed by atoms with Gasteiger partial charge < -0.3 is 19.3 Å². The Kier molecular flexibility index (Phi) is 42.0. The lowest BCUT2D eigenvalue weighted by Gasteiger charge is -2.18. The molecule has 0 aliphatic heterocycles. The minimum Gasteiger partial charge on any atom is -0.462 e. The molecular weight excluding hydrogens is 723 g/mol. The van der Waals surface area contributed by atoms with E-state index >= 15 is 0 Å². The third-order valence-electron chi connectivity index (χ3n) is 10.5. The molecular formula is C47H89O8P. The molecule has 0 amide bonds. The smallest absolute Gasteiger partial charge is 0.462 e. The molecule has 0 spiro atoms. The number of ether oxygens (including phenoxy) is 2. The zero-order chi connectivity index (χ0) is 41.1. The standard InChI is InChI=1S/C47H89O8P/c1-3-5-7-9-11-13-15-17-19-21-22-23-24-26-28-30-32-34-36-38-40-42-47(49)55-45(44-54-56(50,51)52)43-53-46(48)41-39-37-35-33-31-29-27-25-20-18-16-14-12-10-8-6-4-2/h12,14,18,20,45H,3-11,13,15-17,19,21-44H2,1-2H3,(H2,50,51,52)/b14-12+,20-18+/t45-/m1/s1. The first-order valence-corrected chi connectivity index (χ1v) is 25.2. The molecule has 0 aromatic heterocycles. The number of esters is 2. The third kappa shape index (κ3) is 45.2. The van der Waals surface area contributed by atoms with Crippen LogP contribution in [0.2, 0.25) is 0 Å².